The van der Waals surface area contributed by atoms with Crippen LogP contribution in [0.4, 0.5) is 8.78 Å². The van der Waals surface area contributed by atoms with Gasteiger partial charge in [-0.1, -0.05) is 36.4 Å². The van der Waals surface area contributed by atoms with Gasteiger partial charge < -0.3 is 9.47 Å². The predicted octanol–water partition coefficient (Wildman–Crippen LogP) is 4.88. The minimum atomic E-state index is -0.288. The van der Waals surface area contributed by atoms with Gasteiger partial charge in [-0.25, -0.2) is 13.8 Å². The number of rotatable bonds is 5. The Bertz CT molecular complexity index is 1230. The Morgan fingerprint density at radius 1 is 0.839 bits per heavy atom. The lowest BCUT2D eigenvalue weighted by atomic mass is 10.1. The summed E-state index contributed by atoms with van der Waals surface area (Å²) in [6.07, 6.45) is 0.383. The number of amides is 1. The lowest BCUT2D eigenvalue weighted by molar-refractivity contribution is -0.128. The minimum Gasteiger partial charge on any atom is -0.338 e. The number of hydrogen-bond acceptors (Lipinski definition) is 2. The molecule has 1 fully saturated rings. The van der Waals surface area contributed by atoms with Crippen molar-refractivity contribution >= 4 is 16.9 Å². The quantitative estimate of drug-likeness (QED) is 0.464. The molecule has 0 unspecified atom stereocenters. The highest BCUT2D eigenvalue weighted by atomic mass is 19.1. The maximum absolute atomic E-state index is 13.3. The number of imidazole rings is 1. The number of benzene rings is 3. The molecule has 2 heterocycles. The summed E-state index contributed by atoms with van der Waals surface area (Å²) >= 11 is 0. The normalized spacial score (nSPS) is 16.4. The van der Waals surface area contributed by atoms with Gasteiger partial charge >= 0.3 is 0 Å². The molecule has 0 bridgehead atoms. The molecule has 0 saturated carbocycles. The molecular weight excluding hydrogens is 396 g/mol. The average molecular weight is 417 g/mol. The monoisotopic (exact) mass is 417 g/mol. The third kappa shape index (κ3) is 3.93. The summed E-state index contributed by atoms with van der Waals surface area (Å²) in [7, 11) is 0. The fourth-order valence-electron chi connectivity index (χ4n) is 4.25. The van der Waals surface area contributed by atoms with Gasteiger partial charge in [0.25, 0.3) is 0 Å². The Morgan fingerprint density at radius 3 is 2.13 bits per heavy atom. The molecule has 0 aliphatic carbocycles. The number of hydrogen-bond donors (Lipinski definition) is 0. The summed E-state index contributed by atoms with van der Waals surface area (Å²) in [6, 6.07) is 20.6. The minimum absolute atomic E-state index is 0.0409. The molecule has 0 N–H and O–H groups in total. The van der Waals surface area contributed by atoms with Crippen molar-refractivity contribution in [2.75, 3.05) is 6.54 Å². The van der Waals surface area contributed by atoms with Crippen LogP contribution in [0.2, 0.25) is 0 Å². The second kappa shape index (κ2) is 7.95. The van der Waals surface area contributed by atoms with E-state index in [2.05, 4.69) is 4.57 Å². The Morgan fingerprint density at radius 2 is 1.45 bits per heavy atom. The Kier molecular flexibility index (Phi) is 4.98. The summed E-state index contributed by atoms with van der Waals surface area (Å²) in [6.45, 7) is 1.57. The molecule has 1 atom stereocenters. The number of likely N-dealkylation sites (tertiary alicyclic amines) is 1. The van der Waals surface area contributed by atoms with E-state index in [1.807, 2.05) is 24.3 Å². The van der Waals surface area contributed by atoms with Crippen molar-refractivity contribution in [3.63, 3.8) is 0 Å². The van der Waals surface area contributed by atoms with Crippen LogP contribution in [-0.4, -0.2) is 26.9 Å². The molecule has 5 rings (SSSR count). The first-order valence-electron chi connectivity index (χ1n) is 10.3. The fourth-order valence-corrected chi connectivity index (χ4v) is 4.25. The van der Waals surface area contributed by atoms with Gasteiger partial charge in [0.15, 0.2) is 0 Å². The zero-order valence-electron chi connectivity index (χ0n) is 16.8. The van der Waals surface area contributed by atoms with E-state index in [4.69, 9.17) is 4.98 Å². The number of carbonyl (C=O) groups excluding carboxylic acids is 1. The summed E-state index contributed by atoms with van der Waals surface area (Å²) in [5.74, 6) is 0.331. The van der Waals surface area contributed by atoms with Gasteiger partial charge in [-0.3, -0.25) is 4.79 Å². The number of nitrogens with zero attached hydrogens (tertiary/aromatic N) is 3. The first-order chi connectivity index (χ1) is 15.1. The van der Waals surface area contributed by atoms with Gasteiger partial charge in [-0.05, 0) is 47.5 Å². The van der Waals surface area contributed by atoms with E-state index < -0.39 is 0 Å². The molecule has 4 aromatic rings. The number of aromatic nitrogens is 2. The molecule has 1 aliphatic heterocycles. The van der Waals surface area contributed by atoms with E-state index in [-0.39, 0.29) is 23.5 Å². The van der Waals surface area contributed by atoms with Crippen LogP contribution in [0.5, 0.6) is 0 Å². The number of halogens is 2. The van der Waals surface area contributed by atoms with Crippen LogP contribution in [0, 0.1) is 11.6 Å². The molecule has 6 heteroatoms. The smallest absolute Gasteiger partial charge is 0.223 e. The summed E-state index contributed by atoms with van der Waals surface area (Å²) < 4.78 is 28.7. The zero-order chi connectivity index (χ0) is 21.4. The first-order valence-corrected chi connectivity index (χ1v) is 10.3. The molecule has 31 heavy (non-hydrogen) atoms. The summed E-state index contributed by atoms with van der Waals surface area (Å²) in [5.41, 5.74) is 3.74. The van der Waals surface area contributed by atoms with E-state index in [9.17, 15) is 13.6 Å². The van der Waals surface area contributed by atoms with Crippen LogP contribution >= 0.6 is 0 Å². The van der Waals surface area contributed by atoms with Crippen molar-refractivity contribution in [2.24, 2.45) is 0 Å². The molecule has 1 aromatic heterocycles. The summed E-state index contributed by atoms with van der Waals surface area (Å²) in [4.78, 5) is 19.4. The van der Waals surface area contributed by atoms with Crippen LogP contribution in [0.1, 0.15) is 29.3 Å². The van der Waals surface area contributed by atoms with Gasteiger partial charge in [0.1, 0.15) is 17.5 Å². The molecule has 1 aliphatic rings. The number of fused-ring (bicyclic) bond motifs is 1. The van der Waals surface area contributed by atoms with Crippen LogP contribution in [0.25, 0.3) is 11.0 Å². The maximum Gasteiger partial charge on any atom is 0.223 e. The van der Waals surface area contributed by atoms with E-state index in [1.54, 1.807) is 29.2 Å². The Labute approximate surface area is 178 Å². The van der Waals surface area contributed by atoms with Gasteiger partial charge in [0.05, 0.1) is 11.0 Å². The van der Waals surface area contributed by atoms with Crippen molar-refractivity contribution in [1.29, 1.82) is 0 Å². The Hall–Kier alpha value is -3.54. The SMILES string of the molecule is O=C1C[C@H](c2nc3ccccc3n2Cc2ccc(F)cc2)CN1Cc1ccc(F)cc1. The number of carbonyl (C=O) groups is 1. The highest BCUT2D eigenvalue weighted by Crippen LogP contribution is 2.31. The van der Waals surface area contributed by atoms with Crippen LogP contribution < -0.4 is 0 Å². The second-order valence-electron chi connectivity index (χ2n) is 7.97. The van der Waals surface area contributed by atoms with Crippen molar-refractivity contribution in [1.82, 2.24) is 14.5 Å². The van der Waals surface area contributed by atoms with Crippen LogP contribution in [-0.2, 0) is 17.9 Å². The second-order valence-corrected chi connectivity index (χ2v) is 7.97. The number of para-hydroxylation sites is 2. The van der Waals surface area contributed by atoms with Crippen molar-refractivity contribution < 1.29 is 13.6 Å². The Balaban J connectivity index is 1.44. The third-order valence-electron chi connectivity index (χ3n) is 5.80. The topological polar surface area (TPSA) is 38.1 Å². The van der Waals surface area contributed by atoms with Gasteiger partial charge in [0.2, 0.25) is 5.91 Å². The molecule has 1 amide bonds. The zero-order valence-corrected chi connectivity index (χ0v) is 16.8. The predicted molar refractivity (Wildman–Crippen MR) is 114 cm³/mol. The van der Waals surface area contributed by atoms with E-state index >= 15 is 0 Å². The van der Waals surface area contributed by atoms with Crippen LogP contribution in [0.15, 0.2) is 72.8 Å². The van der Waals surface area contributed by atoms with E-state index in [0.717, 1.165) is 28.0 Å². The van der Waals surface area contributed by atoms with E-state index in [1.165, 1.54) is 24.3 Å². The lowest BCUT2D eigenvalue weighted by Gasteiger charge is -2.17. The molecule has 4 nitrogen and oxygen atoms in total. The van der Waals surface area contributed by atoms with E-state index in [0.29, 0.717) is 26.1 Å². The molecule has 3 aromatic carbocycles. The maximum atomic E-state index is 13.3. The molecule has 0 spiro atoms. The summed E-state index contributed by atoms with van der Waals surface area (Å²) in [5, 5.41) is 0. The van der Waals surface area contributed by atoms with Crippen LogP contribution in [0.3, 0.4) is 0 Å². The highest BCUT2D eigenvalue weighted by molar-refractivity contribution is 5.81. The fraction of sp³-hybridized carbons (Fsp3) is 0.200. The first kappa shape index (κ1) is 19.4. The van der Waals surface area contributed by atoms with Gasteiger partial charge in [-0.15, -0.1) is 0 Å². The molecule has 156 valence electrons. The largest absolute Gasteiger partial charge is 0.338 e. The molecular formula is C25H21F2N3O. The van der Waals surface area contributed by atoms with Crippen molar-refractivity contribution in [3.05, 3.63) is 101 Å². The standard InChI is InChI=1S/C25H21F2N3O/c26-20-9-5-17(6-10-20)14-29-16-19(13-24(29)31)25-28-22-3-1-2-4-23(22)30(25)15-18-7-11-21(27)12-8-18/h1-12,19H,13-16H2/t19-/m0/s1. The molecule has 1 saturated heterocycles. The van der Waals surface area contributed by atoms with Crippen molar-refractivity contribution in [3.8, 4) is 0 Å². The van der Waals surface area contributed by atoms with Gasteiger partial charge in [0, 0.05) is 32.0 Å². The van der Waals surface area contributed by atoms with Gasteiger partial charge in [-0.2, -0.15) is 0 Å². The molecule has 0 radical (unpaired) electrons. The van der Waals surface area contributed by atoms with Crippen molar-refractivity contribution in [2.45, 2.75) is 25.4 Å². The average Bonchev–Trinajstić information content (AvgIpc) is 3.32. The highest BCUT2D eigenvalue weighted by Gasteiger charge is 2.34. The lowest BCUT2D eigenvalue weighted by Crippen LogP contribution is -2.24. The third-order valence-corrected chi connectivity index (χ3v) is 5.80.